The quantitative estimate of drug-likeness (QED) is 0.268. The van der Waals surface area contributed by atoms with Crippen molar-refractivity contribution >= 4 is 5.91 Å². The first-order valence-corrected chi connectivity index (χ1v) is 12.6. The van der Waals surface area contributed by atoms with Crippen LogP contribution in [0.5, 0.6) is 0 Å². The van der Waals surface area contributed by atoms with Crippen LogP contribution in [0.4, 0.5) is 0 Å². The molecule has 0 bridgehead atoms. The number of H-pyrrole nitrogens is 2. The predicted octanol–water partition coefficient (Wildman–Crippen LogP) is -1.47. The highest BCUT2D eigenvalue weighted by Gasteiger charge is 2.42. The Morgan fingerprint density at radius 1 is 1.03 bits per heavy atom. The molecule has 5 N–H and O–H groups in total. The summed E-state index contributed by atoms with van der Waals surface area (Å²) in [5.74, 6) is -0.766. The molecule has 14 nitrogen and oxygen atoms in total. The molecule has 208 valence electrons. The van der Waals surface area contributed by atoms with Crippen LogP contribution in [0.3, 0.4) is 0 Å². The Labute approximate surface area is 216 Å². The summed E-state index contributed by atoms with van der Waals surface area (Å²) in [6.45, 7) is 4.57. The van der Waals surface area contributed by atoms with E-state index in [4.69, 9.17) is 9.47 Å². The number of aliphatic hydroxyl groups excluding tert-OH is 2. The highest BCUT2D eigenvalue weighted by Crippen LogP contribution is 2.35. The Balaban J connectivity index is 1.42. The first kappa shape index (κ1) is 27.7. The van der Waals surface area contributed by atoms with E-state index in [1.807, 2.05) is 6.92 Å². The number of hydrogen-bond donors (Lipinski definition) is 5. The standard InChI is InChI=1S/C24H33N5O9/c1-4-14(20-15(31)7-19(38-20)29-9-12(3)22(34)27-24(29)36)25-17(32)5-13-6-18(37-16(13)10-30)28-8-11(2)21(33)26-23(28)35/h8-9,13-16,18-20,30-31H,4-7,10H2,1-3H3,(H,25,32)(H,26,33,35)(H,27,34,36)/t13-,14-,15-,16+,18+,19+,20+/m0/s1. The van der Waals surface area contributed by atoms with Crippen molar-refractivity contribution in [3.8, 4) is 0 Å². The fourth-order valence-electron chi connectivity index (χ4n) is 5.10. The van der Waals surface area contributed by atoms with E-state index in [1.54, 1.807) is 13.8 Å². The summed E-state index contributed by atoms with van der Waals surface area (Å²) in [5.41, 5.74) is -1.64. The summed E-state index contributed by atoms with van der Waals surface area (Å²) in [7, 11) is 0. The predicted molar refractivity (Wildman–Crippen MR) is 133 cm³/mol. The number of nitrogens with zero attached hydrogens (tertiary/aromatic N) is 2. The Kier molecular flexibility index (Phi) is 8.16. The number of aliphatic hydroxyl groups is 2. The van der Waals surface area contributed by atoms with Crippen molar-refractivity contribution < 1.29 is 24.5 Å². The maximum absolute atomic E-state index is 13.0. The van der Waals surface area contributed by atoms with Gasteiger partial charge in [0.05, 0.1) is 24.9 Å². The first-order valence-electron chi connectivity index (χ1n) is 12.6. The van der Waals surface area contributed by atoms with Gasteiger partial charge < -0.3 is 25.0 Å². The van der Waals surface area contributed by atoms with Gasteiger partial charge in [0.15, 0.2) is 0 Å². The minimum Gasteiger partial charge on any atom is -0.394 e. The molecule has 0 spiro atoms. The number of hydrogen-bond acceptors (Lipinski definition) is 9. The first-order chi connectivity index (χ1) is 18.0. The average molecular weight is 536 g/mol. The number of carbonyl (C=O) groups is 1. The van der Waals surface area contributed by atoms with Gasteiger partial charge in [-0.25, -0.2) is 9.59 Å². The summed E-state index contributed by atoms with van der Waals surface area (Å²) in [6, 6.07) is -0.572. The molecule has 0 unspecified atom stereocenters. The molecule has 2 saturated heterocycles. The lowest BCUT2D eigenvalue weighted by Crippen LogP contribution is -2.47. The van der Waals surface area contributed by atoms with Crippen molar-refractivity contribution in [1.29, 1.82) is 0 Å². The molecule has 1 amide bonds. The van der Waals surface area contributed by atoms with Crippen LogP contribution in [0.25, 0.3) is 0 Å². The van der Waals surface area contributed by atoms with Gasteiger partial charge in [0.25, 0.3) is 11.1 Å². The molecule has 0 aliphatic carbocycles. The van der Waals surface area contributed by atoms with Gasteiger partial charge in [-0.3, -0.25) is 33.5 Å². The Bertz CT molecular complexity index is 1410. The van der Waals surface area contributed by atoms with Crippen molar-refractivity contribution in [1.82, 2.24) is 24.4 Å². The molecule has 2 aliphatic heterocycles. The molecule has 14 heteroatoms. The third kappa shape index (κ3) is 5.57. The second kappa shape index (κ2) is 11.2. The smallest absolute Gasteiger partial charge is 0.330 e. The molecule has 2 aromatic heterocycles. The zero-order chi connectivity index (χ0) is 27.7. The van der Waals surface area contributed by atoms with Crippen molar-refractivity contribution in [2.24, 2.45) is 5.92 Å². The lowest BCUT2D eigenvalue weighted by Gasteiger charge is -2.26. The van der Waals surface area contributed by atoms with Crippen LogP contribution in [0.1, 0.15) is 56.2 Å². The van der Waals surface area contributed by atoms with Crippen molar-refractivity contribution in [3.63, 3.8) is 0 Å². The molecular weight excluding hydrogens is 502 g/mol. The molecule has 4 heterocycles. The normalized spacial score (nSPS) is 27.9. The molecule has 0 aromatic carbocycles. The van der Waals surface area contributed by atoms with E-state index in [1.165, 1.54) is 21.5 Å². The van der Waals surface area contributed by atoms with E-state index in [9.17, 15) is 34.2 Å². The molecule has 2 fully saturated rings. The summed E-state index contributed by atoms with van der Waals surface area (Å²) in [5, 5.41) is 23.4. The number of rotatable bonds is 8. The minimum atomic E-state index is -0.968. The minimum absolute atomic E-state index is 0.0138. The summed E-state index contributed by atoms with van der Waals surface area (Å²) in [6.07, 6.45) is -0.485. The van der Waals surface area contributed by atoms with Crippen LogP contribution < -0.4 is 27.8 Å². The third-order valence-electron chi connectivity index (χ3n) is 7.22. The number of nitrogens with one attached hydrogen (secondary N) is 3. The van der Waals surface area contributed by atoms with Gasteiger partial charge in [-0.1, -0.05) is 6.92 Å². The van der Waals surface area contributed by atoms with Crippen LogP contribution >= 0.6 is 0 Å². The molecule has 0 saturated carbocycles. The second-order valence-electron chi connectivity index (χ2n) is 9.91. The molecule has 7 atom stereocenters. The lowest BCUT2D eigenvalue weighted by molar-refractivity contribution is -0.125. The van der Waals surface area contributed by atoms with Gasteiger partial charge in [0.1, 0.15) is 18.6 Å². The van der Waals surface area contributed by atoms with E-state index >= 15 is 0 Å². The zero-order valence-electron chi connectivity index (χ0n) is 21.4. The van der Waals surface area contributed by atoms with E-state index < -0.39 is 65.2 Å². The van der Waals surface area contributed by atoms with Gasteiger partial charge in [-0.05, 0) is 26.7 Å². The molecule has 0 radical (unpaired) electrons. The van der Waals surface area contributed by atoms with E-state index in [0.717, 1.165) is 0 Å². The van der Waals surface area contributed by atoms with Crippen molar-refractivity contribution in [3.05, 3.63) is 65.2 Å². The number of aromatic amines is 2. The van der Waals surface area contributed by atoms with Crippen LogP contribution in [-0.2, 0) is 14.3 Å². The molecule has 2 aromatic rings. The molecule has 38 heavy (non-hydrogen) atoms. The van der Waals surface area contributed by atoms with Crippen molar-refractivity contribution in [2.45, 2.75) is 83.3 Å². The zero-order valence-corrected chi connectivity index (χ0v) is 21.4. The SMILES string of the molecule is CC[C@H](NC(=O)C[C@H]1C[C@H](n2cc(C)c(=O)[nH]c2=O)O[C@@H]1CO)[C@H]1O[C@@H](n2cc(C)c(=O)[nH]c2=O)C[C@@H]1O. The second-order valence-corrected chi connectivity index (χ2v) is 9.91. The van der Waals surface area contributed by atoms with E-state index in [0.29, 0.717) is 17.5 Å². The Hall–Kier alpha value is -3.33. The number of aromatic nitrogens is 4. The highest BCUT2D eigenvalue weighted by molar-refractivity contribution is 5.76. The Morgan fingerprint density at radius 2 is 1.58 bits per heavy atom. The highest BCUT2D eigenvalue weighted by atomic mass is 16.5. The van der Waals surface area contributed by atoms with Crippen LogP contribution in [-0.4, -0.2) is 66.2 Å². The molecular formula is C24H33N5O9. The lowest BCUT2D eigenvalue weighted by atomic mass is 9.95. The van der Waals surface area contributed by atoms with Crippen LogP contribution in [0.15, 0.2) is 31.6 Å². The number of amides is 1. The largest absolute Gasteiger partial charge is 0.394 e. The number of aryl methyl sites for hydroxylation is 2. The van der Waals surface area contributed by atoms with E-state index in [-0.39, 0.29) is 31.8 Å². The Morgan fingerprint density at radius 3 is 2.11 bits per heavy atom. The van der Waals surface area contributed by atoms with Crippen molar-refractivity contribution in [2.75, 3.05) is 6.61 Å². The number of ether oxygens (including phenoxy) is 2. The summed E-state index contributed by atoms with van der Waals surface area (Å²) in [4.78, 5) is 65.3. The summed E-state index contributed by atoms with van der Waals surface area (Å²) >= 11 is 0. The fourth-order valence-corrected chi connectivity index (χ4v) is 5.10. The fraction of sp³-hybridized carbons (Fsp3) is 0.625. The van der Waals surface area contributed by atoms with E-state index in [2.05, 4.69) is 15.3 Å². The van der Waals surface area contributed by atoms with Gasteiger partial charge >= 0.3 is 11.4 Å². The molecule has 4 rings (SSSR count). The summed E-state index contributed by atoms with van der Waals surface area (Å²) < 4.78 is 14.2. The van der Waals surface area contributed by atoms with Gasteiger partial charge in [0, 0.05) is 42.3 Å². The topological polar surface area (TPSA) is 198 Å². The number of carbonyl (C=O) groups excluding carboxylic acids is 1. The van der Waals surface area contributed by atoms with Crippen LogP contribution in [0, 0.1) is 19.8 Å². The maximum Gasteiger partial charge on any atom is 0.330 e. The maximum atomic E-state index is 13.0. The van der Waals surface area contributed by atoms with Gasteiger partial charge in [0.2, 0.25) is 5.91 Å². The molecule has 2 aliphatic rings. The average Bonchev–Trinajstić information content (AvgIpc) is 3.45. The third-order valence-corrected chi connectivity index (χ3v) is 7.22. The van der Waals surface area contributed by atoms with Crippen LogP contribution in [0.2, 0.25) is 0 Å². The monoisotopic (exact) mass is 535 g/mol. The van der Waals surface area contributed by atoms with Gasteiger partial charge in [-0.15, -0.1) is 0 Å². The van der Waals surface area contributed by atoms with Gasteiger partial charge in [-0.2, -0.15) is 0 Å².